The van der Waals surface area contributed by atoms with Crippen LogP contribution in [0, 0.1) is 13.8 Å². The highest BCUT2D eigenvalue weighted by Gasteiger charge is 2.27. The zero-order valence-electron chi connectivity index (χ0n) is 13.8. The molecule has 1 aromatic carbocycles. The van der Waals surface area contributed by atoms with Crippen molar-refractivity contribution >= 4 is 28.8 Å². The van der Waals surface area contributed by atoms with Gasteiger partial charge in [-0.05, 0) is 32.9 Å². The Labute approximate surface area is 144 Å². The molecule has 0 radical (unpaired) electrons. The molecule has 0 saturated heterocycles. The monoisotopic (exact) mass is 345 g/mol. The van der Waals surface area contributed by atoms with Crippen LogP contribution in [0.3, 0.4) is 0 Å². The van der Waals surface area contributed by atoms with E-state index in [0.29, 0.717) is 23.5 Å². The van der Waals surface area contributed by atoms with Crippen molar-refractivity contribution in [1.82, 2.24) is 10.3 Å². The summed E-state index contributed by atoms with van der Waals surface area (Å²) < 4.78 is 5.60. The first-order valence-electron chi connectivity index (χ1n) is 7.77. The summed E-state index contributed by atoms with van der Waals surface area (Å²) in [6, 6.07) is 5.14. The molecule has 1 unspecified atom stereocenters. The van der Waals surface area contributed by atoms with E-state index in [-0.39, 0.29) is 11.8 Å². The van der Waals surface area contributed by atoms with Crippen molar-refractivity contribution in [2.45, 2.75) is 33.3 Å². The van der Waals surface area contributed by atoms with Crippen LogP contribution in [0.1, 0.15) is 32.9 Å². The zero-order chi connectivity index (χ0) is 17.3. The van der Waals surface area contributed by atoms with Gasteiger partial charge in [-0.2, -0.15) is 0 Å². The van der Waals surface area contributed by atoms with Crippen LogP contribution in [0.5, 0.6) is 5.75 Å². The summed E-state index contributed by atoms with van der Waals surface area (Å²) in [7, 11) is 0. The number of thiazole rings is 1. The minimum atomic E-state index is -0.616. The molecule has 1 aromatic heterocycles. The van der Waals surface area contributed by atoms with Gasteiger partial charge in [0, 0.05) is 17.8 Å². The highest BCUT2D eigenvalue weighted by Crippen LogP contribution is 2.33. The van der Waals surface area contributed by atoms with Gasteiger partial charge in [0.2, 0.25) is 0 Å². The number of nitrogens with one attached hydrogen (secondary N) is 2. The van der Waals surface area contributed by atoms with Crippen molar-refractivity contribution in [3.63, 3.8) is 0 Å². The maximum Gasteiger partial charge on any atom is 0.265 e. The first-order chi connectivity index (χ1) is 11.5. The zero-order valence-corrected chi connectivity index (χ0v) is 14.6. The minimum Gasteiger partial charge on any atom is -0.478 e. The van der Waals surface area contributed by atoms with Gasteiger partial charge in [0.15, 0.2) is 11.9 Å². The van der Waals surface area contributed by atoms with Gasteiger partial charge in [0.25, 0.3) is 11.8 Å². The lowest BCUT2D eigenvalue weighted by molar-refractivity contribution is -0.122. The number of para-hydroxylation sites is 1. The fourth-order valence-electron chi connectivity index (χ4n) is 2.60. The fourth-order valence-corrected chi connectivity index (χ4v) is 3.53. The second-order valence-corrected chi connectivity index (χ2v) is 6.97. The third-order valence-corrected chi connectivity index (χ3v) is 4.95. The number of nitrogens with zero attached hydrogens (tertiary/aromatic N) is 1. The standard InChI is InChI=1S/C17H19N3O3S/c1-9-14(24-11(3)19-9)7-8-18-17(22)12-5-4-6-13-15(12)23-10(2)16(21)20-13/h4-6,10H,7-8H2,1-3H3,(H,18,22)(H,20,21). The highest BCUT2D eigenvalue weighted by atomic mass is 32.1. The molecule has 1 aliphatic rings. The lowest BCUT2D eigenvalue weighted by Gasteiger charge is -2.25. The summed E-state index contributed by atoms with van der Waals surface area (Å²) >= 11 is 1.65. The van der Waals surface area contributed by atoms with Gasteiger partial charge in [0.1, 0.15) is 0 Å². The largest absolute Gasteiger partial charge is 0.478 e. The second-order valence-electron chi connectivity index (χ2n) is 5.68. The van der Waals surface area contributed by atoms with Gasteiger partial charge in [-0.15, -0.1) is 11.3 Å². The number of benzene rings is 1. The van der Waals surface area contributed by atoms with Crippen LogP contribution in [-0.2, 0) is 11.2 Å². The topological polar surface area (TPSA) is 80.3 Å². The molecule has 126 valence electrons. The number of amides is 2. The molecule has 2 aromatic rings. The summed E-state index contributed by atoms with van der Waals surface area (Å²) in [6.07, 6.45) is 0.126. The Morgan fingerprint density at radius 1 is 1.42 bits per heavy atom. The molecule has 1 atom stereocenters. The number of hydrogen-bond donors (Lipinski definition) is 2. The van der Waals surface area contributed by atoms with Crippen molar-refractivity contribution in [3.05, 3.63) is 39.3 Å². The number of carbonyl (C=O) groups is 2. The highest BCUT2D eigenvalue weighted by molar-refractivity contribution is 7.11. The van der Waals surface area contributed by atoms with Gasteiger partial charge >= 0.3 is 0 Å². The predicted molar refractivity (Wildman–Crippen MR) is 92.8 cm³/mol. The number of aromatic nitrogens is 1. The van der Waals surface area contributed by atoms with E-state index in [2.05, 4.69) is 15.6 Å². The maximum absolute atomic E-state index is 12.5. The molecule has 0 spiro atoms. The average Bonchev–Trinajstić information content (AvgIpc) is 2.85. The number of carbonyl (C=O) groups excluding carboxylic acids is 2. The Morgan fingerprint density at radius 3 is 2.92 bits per heavy atom. The van der Waals surface area contributed by atoms with Crippen LogP contribution < -0.4 is 15.4 Å². The molecule has 2 heterocycles. The fraction of sp³-hybridized carbons (Fsp3) is 0.353. The lowest BCUT2D eigenvalue weighted by Crippen LogP contribution is -2.36. The lowest BCUT2D eigenvalue weighted by atomic mass is 10.1. The summed E-state index contributed by atoms with van der Waals surface area (Å²) in [5.74, 6) is -0.00268. The number of hydrogen-bond acceptors (Lipinski definition) is 5. The van der Waals surface area contributed by atoms with Crippen LogP contribution in [0.4, 0.5) is 5.69 Å². The van der Waals surface area contributed by atoms with E-state index >= 15 is 0 Å². The number of anilines is 1. The molecule has 0 bridgehead atoms. The van der Waals surface area contributed by atoms with E-state index in [4.69, 9.17) is 4.74 Å². The summed E-state index contributed by atoms with van der Waals surface area (Å²) in [4.78, 5) is 29.7. The second kappa shape index (κ2) is 6.60. The number of fused-ring (bicyclic) bond motifs is 1. The Bertz CT molecular complexity index is 800. The van der Waals surface area contributed by atoms with Crippen LogP contribution in [0.15, 0.2) is 18.2 Å². The average molecular weight is 345 g/mol. The molecule has 0 saturated carbocycles. The predicted octanol–water partition coefficient (Wildman–Crippen LogP) is 2.45. The summed E-state index contributed by atoms with van der Waals surface area (Å²) in [6.45, 7) is 6.13. The summed E-state index contributed by atoms with van der Waals surface area (Å²) in [5, 5.41) is 6.69. The molecular weight excluding hydrogens is 326 g/mol. The molecule has 2 N–H and O–H groups in total. The Kier molecular flexibility index (Phi) is 4.53. The quantitative estimate of drug-likeness (QED) is 0.892. The van der Waals surface area contributed by atoms with E-state index in [1.165, 1.54) is 4.88 Å². The van der Waals surface area contributed by atoms with Gasteiger partial charge in [-0.3, -0.25) is 9.59 Å². The van der Waals surface area contributed by atoms with Crippen LogP contribution in [0.2, 0.25) is 0 Å². The first kappa shape index (κ1) is 16.4. The van der Waals surface area contributed by atoms with Crippen LogP contribution in [-0.4, -0.2) is 29.4 Å². The van der Waals surface area contributed by atoms with Crippen molar-refractivity contribution in [2.24, 2.45) is 0 Å². The van der Waals surface area contributed by atoms with Gasteiger partial charge in [0.05, 0.1) is 22.0 Å². The smallest absolute Gasteiger partial charge is 0.265 e. The third-order valence-electron chi connectivity index (χ3n) is 3.82. The SMILES string of the molecule is Cc1nc(C)c(CCNC(=O)c2cccc3c2OC(C)C(=O)N3)s1. The normalized spacial score (nSPS) is 16.1. The van der Waals surface area contributed by atoms with E-state index < -0.39 is 6.10 Å². The first-order valence-corrected chi connectivity index (χ1v) is 8.59. The molecule has 0 fully saturated rings. The molecule has 7 heteroatoms. The Hall–Kier alpha value is -2.41. The number of rotatable bonds is 4. The third kappa shape index (κ3) is 3.26. The molecule has 24 heavy (non-hydrogen) atoms. The molecule has 1 aliphatic heterocycles. The van der Waals surface area contributed by atoms with Gasteiger partial charge < -0.3 is 15.4 Å². The van der Waals surface area contributed by atoms with E-state index in [0.717, 1.165) is 17.1 Å². The Balaban J connectivity index is 1.69. The van der Waals surface area contributed by atoms with Crippen molar-refractivity contribution in [3.8, 4) is 5.75 Å². The molecule has 2 amide bonds. The molecule has 3 rings (SSSR count). The number of ether oxygens (including phenoxy) is 1. The molecule has 0 aliphatic carbocycles. The molecule has 6 nitrogen and oxygen atoms in total. The van der Waals surface area contributed by atoms with Gasteiger partial charge in [-0.25, -0.2) is 4.98 Å². The number of aryl methyl sites for hydroxylation is 2. The van der Waals surface area contributed by atoms with Crippen molar-refractivity contribution in [1.29, 1.82) is 0 Å². The van der Waals surface area contributed by atoms with E-state index in [9.17, 15) is 9.59 Å². The van der Waals surface area contributed by atoms with Crippen LogP contribution in [0.25, 0.3) is 0 Å². The van der Waals surface area contributed by atoms with Crippen molar-refractivity contribution in [2.75, 3.05) is 11.9 Å². The van der Waals surface area contributed by atoms with E-state index in [1.807, 2.05) is 13.8 Å². The van der Waals surface area contributed by atoms with Crippen LogP contribution >= 0.6 is 11.3 Å². The maximum atomic E-state index is 12.5. The minimum absolute atomic E-state index is 0.212. The van der Waals surface area contributed by atoms with Gasteiger partial charge in [-0.1, -0.05) is 6.07 Å². The summed E-state index contributed by atoms with van der Waals surface area (Å²) in [5.41, 5.74) is 1.97. The Morgan fingerprint density at radius 2 is 2.21 bits per heavy atom. The van der Waals surface area contributed by atoms with Crippen molar-refractivity contribution < 1.29 is 14.3 Å². The van der Waals surface area contributed by atoms with E-state index in [1.54, 1.807) is 36.5 Å². The molecular formula is C17H19N3O3S.